The zero-order chi connectivity index (χ0) is 59.3. The Hall–Kier alpha value is -7.62. The van der Waals surface area contributed by atoms with Gasteiger partial charge in [0, 0.05) is 51.4 Å². The third-order valence-electron chi connectivity index (χ3n) is 13.8. The van der Waals surface area contributed by atoms with Crippen molar-refractivity contribution in [1.29, 1.82) is 0 Å². The summed E-state index contributed by atoms with van der Waals surface area (Å²) in [6.07, 6.45) is -14.5. The van der Waals surface area contributed by atoms with Crippen LogP contribution < -0.4 is 36.6 Å². The van der Waals surface area contributed by atoms with Crippen molar-refractivity contribution >= 4 is 47.6 Å². The van der Waals surface area contributed by atoms with E-state index in [-0.39, 0.29) is 43.4 Å². The molecule has 3 aliphatic rings. The summed E-state index contributed by atoms with van der Waals surface area (Å²) in [5.74, 6) is -8.11. The monoisotopic (exact) mass is 1130 g/mol. The van der Waals surface area contributed by atoms with Gasteiger partial charge in [0.1, 0.15) is 55.1 Å². The molecular weight excluding hydrogens is 1060 g/mol. The van der Waals surface area contributed by atoms with Crippen molar-refractivity contribution in [2.45, 2.75) is 152 Å². The highest BCUT2D eigenvalue weighted by molar-refractivity contribution is 5.98. The Labute approximate surface area is 467 Å². The van der Waals surface area contributed by atoms with Gasteiger partial charge in [-0.15, -0.1) is 0 Å². The van der Waals surface area contributed by atoms with Gasteiger partial charge in [0.25, 0.3) is 0 Å². The molecule has 3 saturated heterocycles. The minimum Gasteiger partial charge on any atom is -0.504 e. The average Bonchev–Trinajstić information content (AvgIpc) is 4.14. The lowest BCUT2D eigenvalue weighted by molar-refractivity contribution is -0.147. The molecule has 442 valence electrons. The minimum absolute atomic E-state index is 0.0613. The lowest BCUT2D eigenvalue weighted by Crippen LogP contribution is -2.64. The number of aromatic hydroxyl groups is 1. The number of phenolic OH excluding ortho intramolecular Hbond substituents is 1. The molecule has 0 saturated carbocycles. The molecule has 3 aromatic rings. The number of carbonyl (C=O) groups excluding carboxylic acids is 8. The molecule has 26 nitrogen and oxygen atoms in total. The predicted molar refractivity (Wildman–Crippen MR) is 285 cm³/mol. The van der Waals surface area contributed by atoms with Crippen LogP contribution in [0.25, 0.3) is 0 Å². The number of rotatable bonds is 14. The maximum atomic E-state index is 14.9. The van der Waals surface area contributed by atoms with Gasteiger partial charge in [-0.3, -0.25) is 28.8 Å². The molecule has 3 aliphatic heterocycles. The Kier molecular flexibility index (Phi) is 21.8. The summed E-state index contributed by atoms with van der Waals surface area (Å²) in [5.41, 5.74) is 0.563. The highest BCUT2D eigenvalue weighted by Gasteiger charge is 2.50. The maximum absolute atomic E-state index is 14.9. The zero-order valence-electron chi connectivity index (χ0n) is 45.6. The van der Waals surface area contributed by atoms with E-state index in [1.54, 1.807) is 42.5 Å². The van der Waals surface area contributed by atoms with Crippen molar-refractivity contribution in [2.75, 3.05) is 26.2 Å². The van der Waals surface area contributed by atoms with E-state index in [0.29, 0.717) is 5.56 Å². The van der Waals surface area contributed by atoms with Crippen LogP contribution in [-0.4, -0.2) is 198 Å². The molecule has 0 bridgehead atoms. The van der Waals surface area contributed by atoms with Gasteiger partial charge in [-0.25, -0.2) is 9.59 Å². The van der Waals surface area contributed by atoms with Crippen LogP contribution in [0.2, 0.25) is 0 Å². The summed E-state index contributed by atoms with van der Waals surface area (Å²) in [4.78, 5) is 115. The first-order valence-corrected chi connectivity index (χ1v) is 26.6. The van der Waals surface area contributed by atoms with Crippen molar-refractivity contribution < 1.29 is 88.3 Å². The molecule has 3 fully saturated rings. The number of nitrogens with zero attached hydrogens (tertiary/aromatic N) is 2. The standard InChI is InChI=1S/C55H74N8O18/c1-29-25-63-45(46(29)70)50(74)57-24-34(65)22-36(58-54(78)81-55(3,4)5)47(71)59-42(30(2)64)51(75)62-26-35(66)23-37(62)48(72)60-43(40(69)21-33-16-17-41(39(68)20-33)79-27-31-12-8-6-9-13-31)49(73)61-44(52(63)76)38(67)18-19-56-53(77)80-28-32-14-10-7-11-15-32/h6-17,20,29-30,34-38,40,42-46,64-70H,18-19,21-28H2,1-5H3,(H,56,77)(H,57,74)(H,58,78)(H,59,71)(H,60,72)(H,61,73)/t29-,30+,34+,35+,36?,37-,38+,40+,42-,43-,44-,45-,46-/m0/s1. The van der Waals surface area contributed by atoms with Gasteiger partial charge in [-0.05, 0) is 62.9 Å². The predicted octanol–water partition coefficient (Wildman–Crippen LogP) is -1.67. The number of benzene rings is 3. The fraction of sp³-hybridized carbons (Fsp3) is 0.527. The molecule has 6 rings (SSSR count). The van der Waals surface area contributed by atoms with Crippen LogP contribution in [0, 0.1) is 5.92 Å². The molecule has 3 heterocycles. The lowest BCUT2D eigenvalue weighted by Gasteiger charge is -2.34. The fourth-order valence-electron chi connectivity index (χ4n) is 9.54. The molecule has 1 unspecified atom stereocenters. The number of aliphatic hydroxyl groups excluding tert-OH is 6. The zero-order valence-corrected chi connectivity index (χ0v) is 45.6. The number of alkyl carbamates (subject to hydrolysis) is 2. The molecule has 0 radical (unpaired) electrons. The van der Waals surface area contributed by atoms with Gasteiger partial charge in [0.15, 0.2) is 11.5 Å². The van der Waals surface area contributed by atoms with Gasteiger partial charge in [-0.1, -0.05) is 73.7 Å². The topological polar surface area (TPSA) is 385 Å². The van der Waals surface area contributed by atoms with E-state index in [1.807, 2.05) is 18.2 Å². The number of fused-ring (bicyclic) bond motifs is 2. The Morgan fingerprint density at radius 1 is 0.704 bits per heavy atom. The number of hydrogen-bond acceptors (Lipinski definition) is 18. The van der Waals surface area contributed by atoms with Gasteiger partial charge in [-0.2, -0.15) is 0 Å². The van der Waals surface area contributed by atoms with Crippen LogP contribution in [0.5, 0.6) is 11.5 Å². The second-order valence-electron chi connectivity index (χ2n) is 21.5. The molecule has 0 aliphatic carbocycles. The Bertz CT molecular complexity index is 2680. The molecule has 0 spiro atoms. The number of carbonyl (C=O) groups is 8. The molecule has 3 aromatic carbocycles. The summed E-state index contributed by atoms with van der Waals surface area (Å²) in [6.45, 7) is 5.28. The van der Waals surface area contributed by atoms with Crippen molar-refractivity contribution in [2.24, 2.45) is 5.92 Å². The summed E-state index contributed by atoms with van der Waals surface area (Å²) in [6, 6.07) is 10.6. The fourth-order valence-corrected chi connectivity index (χ4v) is 9.54. The number of aliphatic hydroxyl groups is 6. The summed E-state index contributed by atoms with van der Waals surface area (Å²) >= 11 is 0. The normalized spacial score (nSPS) is 26.5. The van der Waals surface area contributed by atoms with Crippen LogP contribution in [0.4, 0.5) is 9.59 Å². The van der Waals surface area contributed by atoms with Crippen LogP contribution in [-0.2, 0) is 57.9 Å². The minimum atomic E-state index is -2.11. The summed E-state index contributed by atoms with van der Waals surface area (Å²) in [7, 11) is 0. The summed E-state index contributed by atoms with van der Waals surface area (Å²) in [5, 5.41) is 94.0. The summed E-state index contributed by atoms with van der Waals surface area (Å²) < 4.78 is 16.4. The van der Waals surface area contributed by atoms with E-state index < -0.39 is 171 Å². The van der Waals surface area contributed by atoms with Gasteiger partial charge in [0.2, 0.25) is 35.4 Å². The number of phenols is 1. The number of nitrogens with one attached hydrogen (secondary N) is 6. The molecule has 81 heavy (non-hydrogen) atoms. The van der Waals surface area contributed by atoms with Crippen LogP contribution in [0.3, 0.4) is 0 Å². The van der Waals surface area contributed by atoms with Crippen molar-refractivity contribution in [3.63, 3.8) is 0 Å². The average molecular weight is 1140 g/mol. The number of ether oxygens (including phenoxy) is 3. The Morgan fingerprint density at radius 2 is 1.32 bits per heavy atom. The van der Waals surface area contributed by atoms with E-state index in [0.717, 1.165) is 22.3 Å². The molecule has 8 amide bonds. The first-order valence-electron chi connectivity index (χ1n) is 26.6. The number of amides is 8. The quantitative estimate of drug-likeness (QED) is 0.0858. The van der Waals surface area contributed by atoms with E-state index >= 15 is 0 Å². The number of β-amino-alcohol motifs (C(OH)–C–C–N with tert-alkyl or cyclic N) is 1. The number of hydrogen-bond donors (Lipinski definition) is 13. The molecule has 13 atom stereocenters. The second-order valence-corrected chi connectivity index (χ2v) is 21.5. The first kappa shape index (κ1) is 62.6. The second kappa shape index (κ2) is 28.2. The Balaban J connectivity index is 1.37. The highest BCUT2D eigenvalue weighted by Crippen LogP contribution is 2.30. The first-order chi connectivity index (χ1) is 38.3. The largest absolute Gasteiger partial charge is 0.504 e. The SMILES string of the molecule is C[C@@H](O)[C@@H]1NC(=O)C(NC(=O)OC(C)(C)C)C[C@@H](O)CNC(=O)[C@@H]2[C@@H](O)[C@@H](C)CN2C(=O)[C@H]([C@H](O)CCNC(=O)OCc2ccccc2)NC(=O)[C@H]([C@H](O)Cc2ccc(OCc3ccccc3)c(O)c2)NC(=O)[C@@H]2C[C@@H](O)CN2C1=O. The van der Waals surface area contributed by atoms with Gasteiger partial charge in [0.05, 0.1) is 36.6 Å². The third-order valence-corrected chi connectivity index (χ3v) is 13.8. The van der Waals surface area contributed by atoms with Crippen molar-refractivity contribution in [1.82, 2.24) is 41.7 Å². The maximum Gasteiger partial charge on any atom is 0.408 e. The smallest absolute Gasteiger partial charge is 0.408 e. The van der Waals surface area contributed by atoms with Crippen molar-refractivity contribution in [3.05, 3.63) is 95.6 Å². The lowest BCUT2D eigenvalue weighted by atomic mass is 9.98. The Morgan fingerprint density at radius 3 is 1.95 bits per heavy atom. The van der Waals surface area contributed by atoms with Gasteiger partial charge >= 0.3 is 12.2 Å². The van der Waals surface area contributed by atoms with Crippen molar-refractivity contribution in [3.8, 4) is 11.5 Å². The third kappa shape index (κ3) is 17.4. The van der Waals surface area contributed by atoms with Crippen LogP contribution in [0.1, 0.15) is 70.6 Å². The van der Waals surface area contributed by atoms with E-state index in [2.05, 4.69) is 31.9 Å². The van der Waals surface area contributed by atoms with Crippen LogP contribution >= 0.6 is 0 Å². The molecule has 26 heteroatoms. The van der Waals surface area contributed by atoms with E-state index in [4.69, 9.17) is 14.2 Å². The highest BCUT2D eigenvalue weighted by atomic mass is 16.6. The van der Waals surface area contributed by atoms with Crippen LogP contribution in [0.15, 0.2) is 78.9 Å². The molecule has 0 aromatic heterocycles. The van der Waals surface area contributed by atoms with Gasteiger partial charge < -0.3 is 91.7 Å². The molecule has 13 N–H and O–H groups in total. The van der Waals surface area contributed by atoms with E-state index in [9.17, 15) is 74.1 Å². The molecular formula is C55H74N8O18. The van der Waals surface area contributed by atoms with E-state index in [1.165, 1.54) is 45.9 Å².